The summed E-state index contributed by atoms with van der Waals surface area (Å²) in [6.07, 6.45) is 0. The minimum absolute atomic E-state index is 0.171. The van der Waals surface area contributed by atoms with Crippen molar-refractivity contribution in [1.82, 2.24) is 10.0 Å². The summed E-state index contributed by atoms with van der Waals surface area (Å²) in [5.74, 6) is -6.93. The van der Waals surface area contributed by atoms with Crippen LogP contribution in [0.25, 0.3) is 0 Å². The van der Waals surface area contributed by atoms with Gasteiger partial charge in [-0.15, -0.1) is 23.2 Å². The lowest BCUT2D eigenvalue weighted by atomic mass is 9.84. The molecule has 15 heteroatoms. The fourth-order valence-corrected chi connectivity index (χ4v) is 8.13. The van der Waals surface area contributed by atoms with Crippen molar-refractivity contribution in [2.45, 2.75) is 14.1 Å². The highest BCUT2D eigenvalue weighted by Gasteiger charge is 2.88. The van der Waals surface area contributed by atoms with Crippen LogP contribution in [0.1, 0.15) is 20.7 Å². The van der Waals surface area contributed by atoms with E-state index in [1.165, 1.54) is 24.3 Å². The molecule has 4 atom stereocenters. The lowest BCUT2D eigenvalue weighted by Gasteiger charge is -2.36. The third-order valence-electron chi connectivity index (χ3n) is 7.05. The van der Waals surface area contributed by atoms with Crippen molar-refractivity contribution < 1.29 is 24.1 Å². The number of hydrogen-bond donors (Lipinski definition) is 0. The number of amides is 3. The highest BCUT2D eigenvalue weighted by molar-refractivity contribution is 6.66. The van der Waals surface area contributed by atoms with Crippen molar-refractivity contribution in [3.8, 4) is 0 Å². The molecule has 2 aromatic rings. The number of Topliss-reactive ketones (excluding diaryl/α,β-unsaturated/α-hetero) is 1. The highest BCUT2D eigenvalue weighted by atomic mass is 35.5. The van der Waals surface area contributed by atoms with Crippen molar-refractivity contribution in [2.75, 3.05) is 6.54 Å². The normalized spacial score (nSPS) is 28.6. The molecule has 0 spiro atoms. The maximum Gasteiger partial charge on any atom is 0.273 e. The Hall–Kier alpha value is -2.40. The van der Waals surface area contributed by atoms with Crippen molar-refractivity contribution >= 4 is 98.8 Å². The van der Waals surface area contributed by atoms with Crippen molar-refractivity contribution in [1.29, 1.82) is 0 Å². The maximum absolute atomic E-state index is 13.9. The Morgan fingerprint density at radius 1 is 0.872 bits per heavy atom. The van der Waals surface area contributed by atoms with E-state index in [0.29, 0.717) is 10.0 Å². The number of halogens is 6. The molecule has 1 aliphatic heterocycles. The molecular formula is C24H13Cl6N3O6. The molecule has 1 saturated heterocycles. The topological polar surface area (TPSA) is 118 Å². The number of rotatable bonds is 6. The second kappa shape index (κ2) is 9.33. The number of imide groups is 1. The van der Waals surface area contributed by atoms with Gasteiger partial charge in [-0.25, -0.2) is 5.01 Å². The lowest BCUT2D eigenvalue weighted by molar-refractivity contribution is -0.384. The molecule has 3 aliphatic rings. The first-order chi connectivity index (χ1) is 18.2. The molecule has 9 nitrogen and oxygen atoms in total. The third kappa shape index (κ3) is 3.60. The molecule has 39 heavy (non-hydrogen) atoms. The number of allylic oxidation sites excluding steroid dienone is 2. The zero-order chi connectivity index (χ0) is 28.7. The summed E-state index contributed by atoms with van der Waals surface area (Å²) >= 11 is 39.2. The molecule has 2 aromatic carbocycles. The number of fused-ring (bicyclic) bond motifs is 5. The van der Waals surface area contributed by atoms with Crippen molar-refractivity contribution in [2.24, 2.45) is 11.8 Å². The van der Waals surface area contributed by atoms with E-state index in [1.54, 1.807) is 18.2 Å². The van der Waals surface area contributed by atoms with Gasteiger partial charge in [0.25, 0.3) is 23.4 Å². The predicted molar refractivity (Wildman–Crippen MR) is 144 cm³/mol. The van der Waals surface area contributed by atoms with Crippen molar-refractivity contribution in [3.63, 3.8) is 0 Å². The molecule has 202 valence electrons. The van der Waals surface area contributed by atoms with E-state index in [-0.39, 0.29) is 21.2 Å². The van der Waals surface area contributed by atoms with Crippen LogP contribution in [-0.4, -0.2) is 59.1 Å². The van der Waals surface area contributed by atoms with E-state index in [2.05, 4.69) is 0 Å². The lowest BCUT2D eigenvalue weighted by Crippen LogP contribution is -2.56. The number of nitro groups is 1. The number of carbonyl (C=O) groups is 4. The molecule has 2 fully saturated rings. The summed E-state index contributed by atoms with van der Waals surface area (Å²) in [5, 5.41) is 11.7. The van der Waals surface area contributed by atoms with Crippen LogP contribution in [0.4, 0.5) is 5.69 Å². The quantitative estimate of drug-likeness (QED) is 0.138. The Morgan fingerprint density at radius 2 is 1.38 bits per heavy atom. The van der Waals surface area contributed by atoms with Gasteiger partial charge in [-0.1, -0.05) is 82.8 Å². The van der Waals surface area contributed by atoms with E-state index >= 15 is 0 Å². The Bertz CT molecular complexity index is 1470. The van der Waals surface area contributed by atoms with E-state index in [1.807, 2.05) is 0 Å². The third-order valence-corrected chi connectivity index (χ3v) is 11.3. The summed E-state index contributed by atoms with van der Waals surface area (Å²) in [6, 6.07) is 12.3. The van der Waals surface area contributed by atoms with E-state index in [4.69, 9.17) is 69.6 Å². The summed E-state index contributed by atoms with van der Waals surface area (Å²) in [4.78, 5) is 60.9. The standard InChI is InChI=1S/C24H13Cl6N3O6/c25-17-18(26)23(28)16-15(22(17,27)24(23,29)30)20(36)32(21(16)37)31(10-14(34)11-5-2-1-3-6-11)19(35)12-7-4-8-13(9-12)33(38)39/h1-9,15-16H,10H2/t15-,16-,22+,23+/m0/s1. The molecule has 0 radical (unpaired) electrons. The second-order valence-corrected chi connectivity index (χ2v) is 12.3. The van der Waals surface area contributed by atoms with Gasteiger partial charge in [-0.05, 0) is 6.07 Å². The molecule has 5 rings (SSSR count). The monoisotopic (exact) mass is 649 g/mol. The second-order valence-electron chi connectivity index (χ2n) is 9.03. The Labute approximate surface area is 250 Å². The van der Waals surface area contributed by atoms with Crippen LogP contribution in [0.2, 0.25) is 0 Å². The van der Waals surface area contributed by atoms with Gasteiger partial charge in [0.05, 0.1) is 26.8 Å². The van der Waals surface area contributed by atoms with Crippen molar-refractivity contribution in [3.05, 3.63) is 85.9 Å². The number of carbonyl (C=O) groups excluding carboxylic acids is 4. The number of non-ortho nitro benzene ring substituents is 1. The molecule has 0 N–H and O–H groups in total. The van der Waals surface area contributed by atoms with Gasteiger partial charge < -0.3 is 0 Å². The van der Waals surface area contributed by atoms with Gasteiger partial charge in [0.1, 0.15) is 16.3 Å². The van der Waals surface area contributed by atoms with Gasteiger partial charge in [0.15, 0.2) is 10.1 Å². The highest BCUT2D eigenvalue weighted by Crippen LogP contribution is 2.77. The van der Waals surface area contributed by atoms with Crippen LogP contribution < -0.4 is 0 Å². The molecule has 1 saturated carbocycles. The Kier molecular flexibility index (Phi) is 6.73. The van der Waals surface area contributed by atoms with E-state index in [9.17, 15) is 29.3 Å². The summed E-state index contributed by atoms with van der Waals surface area (Å²) in [7, 11) is 0. The Morgan fingerprint density at radius 3 is 1.90 bits per heavy atom. The van der Waals surface area contributed by atoms with Gasteiger partial charge in [-0.2, -0.15) is 5.01 Å². The zero-order valence-corrected chi connectivity index (χ0v) is 23.7. The van der Waals surface area contributed by atoms with Gasteiger partial charge in [0.2, 0.25) is 0 Å². The fraction of sp³-hybridized carbons (Fsp3) is 0.250. The number of hydrogen-bond acceptors (Lipinski definition) is 6. The number of hydrazine groups is 1. The molecule has 0 unspecified atom stereocenters. The predicted octanol–water partition coefficient (Wildman–Crippen LogP) is 5.28. The van der Waals surface area contributed by atoms with Crippen LogP contribution in [0.5, 0.6) is 0 Å². The minimum atomic E-state index is -2.20. The number of nitro benzene ring substituents is 1. The summed E-state index contributed by atoms with van der Waals surface area (Å²) < 4.78 is -2.20. The van der Waals surface area contributed by atoms with Crippen LogP contribution in [0, 0.1) is 22.0 Å². The smallest absolute Gasteiger partial charge is 0.273 e. The molecule has 3 amide bonds. The van der Waals surface area contributed by atoms with Crippen LogP contribution in [0.15, 0.2) is 64.7 Å². The number of ketones is 1. The number of alkyl halides is 4. The largest absolute Gasteiger partial charge is 0.292 e. The molecule has 2 aliphatic carbocycles. The molecule has 1 heterocycles. The first kappa shape index (κ1) is 28.1. The first-order valence-electron chi connectivity index (χ1n) is 11.0. The maximum atomic E-state index is 13.9. The van der Waals surface area contributed by atoms with Gasteiger partial charge in [0, 0.05) is 23.3 Å². The van der Waals surface area contributed by atoms with Crippen LogP contribution in [0.3, 0.4) is 0 Å². The molecule has 0 aromatic heterocycles. The number of nitrogens with zero attached hydrogens (tertiary/aromatic N) is 3. The first-order valence-corrected chi connectivity index (χ1v) is 13.3. The summed E-state index contributed by atoms with van der Waals surface area (Å²) in [6.45, 7) is -0.797. The van der Waals surface area contributed by atoms with Crippen LogP contribution in [-0.2, 0) is 9.59 Å². The fourth-order valence-electron chi connectivity index (χ4n) is 5.20. The summed E-state index contributed by atoms with van der Waals surface area (Å²) in [5.41, 5.74) is -0.532. The average Bonchev–Trinajstić information content (AvgIpc) is 3.30. The molecular weight excluding hydrogens is 639 g/mol. The van der Waals surface area contributed by atoms with Crippen LogP contribution >= 0.6 is 69.6 Å². The average molecular weight is 652 g/mol. The SMILES string of the molecule is O=C(CN(C(=O)c1cccc([N+](=O)[O-])c1)N1C(=O)[C@@H]2[C@@H](C1=O)[C@@]1(Cl)C(Cl)=C(Cl)[C@@]2(Cl)C1(Cl)Cl)c1ccccc1. The van der Waals surface area contributed by atoms with E-state index < -0.39 is 66.6 Å². The Balaban J connectivity index is 1.61. The minimum Gasteiger partial charge on any atom is -0.292 e. The van der Waals surface area contributed by atoms with Gasteiger partial charge >= 0.3 is 0 Å². The zero-order valence-electron chi connectivity index (χ0n) is 19.1. The van der Waals surface area contributed by atoms with E-state index in [0.717, 1.165) is 12.1 Å². The molecule has 2 bridgehead atoms. The number of benzene rings is 2. The van der Waals surface area contributed by atoms with Gasteiger partial charge in [-0.3, -0.25) is 29.3 Å².